The van der Waals surface area contributed by atoms with Crippen LogP contribution in [-0.4, -0.2) is 9.97 Å². The van der Waals surface area contributed by atoms with Crippen molar-refractivity contribution in [3.8, 4) is 0 Å². The molecule has 0 radical (unpaired) electrons. The van der Waals surface area contributed by atoms with E-state index in [9.17, 15) is 0 Å². The van der Waals surface area contributed by atoms with Crippen molar-refractivity contribution in [2.75, 3.05) is 5.73 Å². The average Bonchev–Trinajstić information content (AvgIpc) is 2.82. The van der Waals surface area contributed by atoms with Gasteiger partial charge in [0.2, 0.25) is 0 Å². The van der Waals surface area contributed by atoms with E-state index in [-0.39, 0.29) is 0 Å². The standard InChI is InChI=1S/C10H11N3/c11-8-5-13-10-7(3-4-12-10)9(8)6-1-2-6/h3-6H,1-2,11H2,(H,12,13). The second kappa shape index (κ2) is 2.25. The van der Waals surface area contributed by atoms with Gasteiger partial charge in [0.05, 0.1) is 11.9 Å². The fourth-order valence-electron chi connectivity index (χ4n) is 1.87. The first-order valence-electron chi connectivity index (χ1n) is 4.58. The van der Waals surface area contributed by atoms with Crippen LogP contribution in [0.5, 0.6) is 0 Å². The molecule has 3 rings (SSSR count). The largest absolute Gasteiger partial charge is 0.397 e. The summed E-state index contributed by atoms with van der Waals surface area (Å²) >= 11 is 0. The lowest BCUT2D eigenvalue weighted by Gasteiger charge is -2.04. The van der Waals surface area contributed by atoms with Crippen molar-refractivity contribution in [2.24, 2.45) is 0 Å². The van der Waals surface area contributed by atoms with E-state index in [2.05, 4.69) is 16.0 Å². The third-order valence-electron chi connectivity index (χ3n) is 2.64. The van der Waals surface area contributed by atoms with Crippen LogP contribution in [0.3, 0.4) is 0 Å². The number of anilines is 1. The Labute approximate surface area is 76.0 Å². The maximum Gasteiger partial charge on any atom is 0.137 e. The molecule has 0 saturated heterocycles. The highest BCUT2D eigenvalue weighted by molar-refractivity contribution is 5.85. The Morgan fingerprint density at radius 1 is 1.46 bits per heavy atom. The second-order valence-corrected chi connectivity index (χ2v) is 3.64. The number of nitrogens with two attached hydrogens (primary N) is 1. The van der Waals surface area contributed by atoms with E-state index in [0.717, 1.165) is 11.3 Å². The van der Waals surface area contributed by atoms with Crippen LogP contribution in [0.15, 0.2) is 18.5 Å². The third kappa shape index (κ3) is 0.932. The van der Waals surface area contributed by atoms with E-state index in [4.69, 9.17) is 5.73 Å². The van der Waals surface area contributed by atoms with Crippen molar-refractivity contribution in [1.29, 1.82) is 0 Å². The molecular weight excluding hydrogens is 162 g/mol. The lowest BCUT2D eigenvalue weighted by Crippen LogP contribution is -1.94. The fraction of sp³-hybridized carbons (Fsp3) is 0.300. The Morgan fingerprint density at radius 2 is 2.31 bits per heavy atom. The molecule has 2 aromatic rings. The Morgan fingerprint density at radius 3 is 3.08 bits per heavy atom. The van der Waals surface area contributed by atoms with E-state index in [1.54, 1.807) is 6.20 Å². The minimum Gasteiger partial charge on any atom is -0.397 e. The van der Waals surface area contributed by atoms with Crippen LogP contribution in [0.1, 0.15) is 24.3 Å². The Bertz CT molecular complexity index is 454. The molecule has 1 aliphatic rings. The summed E-state index contributed by atoms with van der Waals surface area (Å²) in [4.78, 5) is 7.33. The molecule has 1 fully saturated rings. The minimum atomic E-state index is 0.682. The first kappa shape index (κ1) is 6.95. The molecule has 0 aliphatic heterocycles. The van der Waals surface area contributed by atoms with Crippen molar-refractivity contribution in [3.05, 3.63) is 24.0 Å². The first-order chi connectivity index (χ1) is 6.36. The zero-order chi connectivity index (χ0) is 8.84. The zero-order valence-corrected chi connectivity index (χ0v) is 7.25. The number of aromatic amines is 1. The van der Waals surface area contributed by atoms with Crippen LogP contribution in [-0.2, 0) is 0 Å². The van der Waals surface area contributed by atoms with Gasteiger partial charge in [0.25, 0.3) is 0 Å². The molecule has 1 saturated carbocycles. The van der Waals surface area contributed by atoms with Crippen molar-refractivity contribution in [3.63, 3.8) is 0 Å². The monoisotopic (exact) mass is 173 g/mol. The van der Waals surface area contributed by atoms with Crippen molar-refractivity contribution >= 4 is 16.7 Å². The SMILES string of the molecule is Nc1cnc2[nH]ccc2c1C1CC1. The van der Waals surface area contributed by atoms with Crippen LogP contribution >= 0.6 is 0 Å². The molecular formula is C10H11N3. The van der Waals surface area contributed by atoms with Gasteiger partial charge in [-0.3, -0.25) is 0 Å². The topological polar surface area (TPSA) is 54.7 Å². The normalized spacial score (nSPS) is 16.6. The van der Waals surface area contributed by atoms with Gasteiger partial charge in [-0.1, -0.05) is 0 Å². The Hall–Kier alpha value is -1.51. The molecule has 0 aromatic carbocycles. The number of nitrogen functional groups attached to an aromatic ring is 1. The number of nitrogens with zero attached hydrogens (tertiary/aromatic N) is 1. The molecule has 3 heteroatoms. The number of pyridine rings is 1. The maximum absolute atomic E-state index is 5.91. The van der Waals surface area contributed by atoms with Crippen molar-refractivity contribution < 1.29 is 0 Å². The molecule has 2 aromatic heterocycles. The summed E-state index contributed by atoms with van der Waals surface area (Å²) in [5.74, 6) is 0.682. The molecule has 3 nitrogen and oxygen atoms in total. The number of hydrogen-bond donors (Lipinski definition) is 2. The van der Waals surface area contributed by atoms with E-state index in [1.165, 1.54) is 23.8 Å². The van der Waals surface area contributed by atoms with Crippen molar-refractivity contribution in [1.82, 2.24) is 9.97 Å². The maximum atomic E-state index is 5.91. The van der Waals surface area contributed by atoms with Crippen LogP contribution in [0.25, 0.3) is 11.0 Å². The third-order valence-corrected chi connectivity index (χ3v) is 2.64. The van der Waals surface area contributed by atoms with Gasteiger partial charge >= 0.3 is 0 Å². The number of hydrogen-bond acceptors (Lipinski definition) is 2. The predicted octanol–water partition coefficient (Wildman–Crippen LogP) is 2.02. The van der Waals surface area contributed by atoms with Gasteiger partial charge in [0.1, 0.15) is 5.65 Å². The predicted molar refractivity (Wildman–Crippen MR) is 52.5 cm³/mol. The van der Waals surface area contributed by atoms with E-state index < -0.39 is 0 Å². The molecule has 66 valence electrons. The first-order valence-corrected chi connectivity index (χ1v) is 4.58. The average molecular weight is 173 g/mol. The van der Waals surface area contributed by atoms with Gasteiger partial charge in [-0.05, 0) is 30.4 Å². The molecule has 0 spiro atoms. The highest BCUT2D eigenvalue weighted by Gasteiger charge is 2.27. The molecule has 1 aliphatic carbocycles. The Balaban J connectivity index is 2.36. The van der Waals surface area contributed by atoms with Gasteiger partial charge in [0, 0.05) is 11.6 Å². The summed E-state index contributed by atoms with van der Waals surface area (Å²) in [6.07, 6.45) is 6.22. The second-order valence-electron chi connectivity index (χ2n) is 3.64. The molecule has 0 unspecified atom stereocenters. The summed E-state index contributed by atoms with van der Waals surface area (Å²) in [6.45, 7) is 0. The summed E-state index contributed by atoms with van der Waals surface area (Å²) in [5.41, 5.74) is 9.00. The molecule has 0 bridgehead atoms. The van der Waals surface area contributed by atoms with E-state index in [1.807, 2.05) is 6.20 Å². The van der Waals surface area contributed by atoms with Gasteiger partial charge < -0.3 is 10.7 Å². The lowest BCUT2D eigenvalue weighted by atomic mass is 10.1. The lowest BCUT2D eigenvalue weighted by molar-refractivity contribution is 1.14. The van der Waals surface area contributed by atoms with Crippen LogP contribution in [0.4, 0.5) is 5.69 Å². The number of H-pyrrole nitrogens is 1. The molecule has 3 N–H and O–H groups in total. The van der Waals surface area contributed by atoms with Gasteiger partial charge in [-0.25, -0.2) is 4.98 Å². The molecule has 0 atom stereocenters. The Kier molecular flexibility index (Phi) is 1.20. The van der Waals surface area contributed by atoms with Gasteiger partial charge in [-0.2, -0.15) is 0 Å². The van der Waals surface area contributed by atoms with Gasteiger partial charge in [0.15, 0.2) is 0 Å². The zero-order valence-electron chi connectivity index (χ0n) is 7.25. The summed E-state index contributed by atoms with van der Waals surface area (Å²) in [5, 5.41) is 1.20. The summed E-state index contributed by atoms with van der Waals surface area (Å²) in [6, 6.07) is 2.06. The fourth-order valence-corrected chi connectivity index (χ4v) is 1.87. The smallest absolute Gasteiger partial charge is 0.137 e. The molecule has 2 heterocycles. The quantitative estimate of drug-likeness (QED) is 0.693. The number of fused-ring (bicyclic) bond motifs is 1. The molecule has 0 amide bonds. The number of aromatic nitrogens is 2. The van der Waals surface area contributed by atoms with Crippen LogP contribution in [0, 0.1) is 0 Å². The van der Waals surface area contributed by atoms with Crippen molar-refractivity contribution in [2.45, 2.75) is 18.8 Å². The van der Waals surface area contributed by atoms with E-state index in [0.29, 0.717) is 5.92 Å². The summed E-state index contributed by atoms with van der Waals surface area (Å²) in [7, 11) is 0. The molecule has 13 heavy (non-hydrogen) atoms. The van der Waals surface area contributed by atoms with Crippen LogP contribution in [0.2, 0.25) is 0 Å². The number of rotatable bonds is 1. The minimum absolute atomic E-state index is 0.682. The highest BCUT2D eigenvalue weighted by atomic mass is 14.8. The van der Waals surface area contributed by atoms with Crippen LogP contribution < -0.4 is 5.73 Å². The van der Waals surface area contributed by atoms with E-state index >= 15 is 0 Å². The highest BCUT2D eigenvalue weighted by Crippen LogP contribution is 2.45. The summed E-state index contributed by atoms with van der Waals surface area (Å²) < 4.78 is 0. The van der Waals surface area contributed by atoms with Gasteiger partial charge in [-0.15, -0.1) is 0 Å². The number of nitrogens with one attached hydrogen (secondary N) is 1.